The van der Waals surface area contributed by atoms with Gasteiger partial charge in [-0.15, -0.1) is 0 Å². The van der Waals surface area contributed by atoms with Crippen molar-refractivity contribution in [3.8, 4) is 44.5 Å². The van der Waals surface area contributed by atoms with E-state index in [-0.39, 0.29) is 13.4 Å². The quantitative estimate of drug-likeness (QED) is 0.142. The van der Waals surface area contributed by atoms with Crippen molar-refractivity contribution < 1.29 is 8.83 Å². The van der Waals surface area contributed by atoms with Gasteiger partial charge in [0.15, 0.2) is 0 Å². The molecular weight excluding hydrogens is 1190 g/mol. The molecule has 4 aliphatic heterocycles. The van der Waals surface area contributed by atoms with E-state index < -0.39 is 0 Å². The van der Waals surface area contributed by atoms with Gasteiger partial charge in [0.1, 0.15) is 22.3 Å². The van der Waals surface area contributed by atoms with Gasteiger partial charge >= 0.3 is 0 Å². The number of hydrogen-bond donors (Lipinski definition) is 0. The lowest BCUT2D eigenvalue weighted by molar-refractivity contribution is 0.394. The molecule has 3 fully saturated rings. The SMILES string of the molecule is Cc1ccccc1N1c2cc(-c3ccc4c(c3)oc3cc(C5CCCC(c6ccc7c(c6)B6c8cc(C9CCCCC9)ccc8-c8cc(-c9ccc%10c(c9)oc9ccccc9%10)cc(c86)N7c6ccc(C7CCCCC7)cc6)C5)ccc34)cc3c2B(c2ccccc2-3)c2cccc(C)c21. The molecule has 6 heterocycles. The molecule has 0 amide bonds. The minimum absolute atomic E-state index is 0.128. The van der Waals surface area contributed by atoms with Crippen LogP contribution in [0.3, 0.4) is 0 Å². The minimum atomic E-state index is 0.128. The highest BCUT2D eigenvalue weighted by Crippen LogP contribution is 2.50. The maximum atomic E-state index is 7.08. The van der Waals surface area contributed by atoms with E-state index in [4.69, 9.17) is 8.83 Å². The number of anilines is 6. The molecule has 21 rings (SSSR count). The Hall–Kier alpha value is -10.0. The van der Waals surface area contributed by atoms with Crippen molar-refractivity contribution >= 4 is 124 Å². The Morgan fingerprint density at radius 2 is 0.827 bits per heavy atom. The van der Waals surface area contributed by atoms with Gasteiger partial charge in [-0.3, -0.25) is 0 Å². The summed E-state index contributed by atoms with van der Waals surface area (Å²) in [6, 6.07) is 89.7. The summed E-state index contributed by atoms with van der Waals surface area (Å²) in [5, 5.41) is 4.69. The first kappa shape index (κ1) is 57.1. The number of rotatable bonds is 8. The van der Waals surface area contributed by atoms with Crippen LogP contribution in [-0.2, 0) is 0 Å². The third-order valence-electron chi connectivity index (χ3n) is 24.8. The van der Waals surface area contributed by atoms with Crippen LogP contribution >= 0.6 is 0 Å². The predicted molar refractivity (Wildman–Crippen MR) is 413 cm³/mol. The zero-order valence-corrected chi connectivity index (χ0v) is 56.0. The molecule has 2 unspecified atom stereocenters. The van der Waals surface area contributed by atoms with E-state index in [2.05, 4.69) is 254 Å². The number of benzene rings is 12. The fourth-order valence-electron chi connectivity index (χ4n) is 20.1. The van der Waals surface area contributed by atoms with Crippen molar-refractivity contribution in [2.75, 3.05) is 9.80 Å². The predicted octanol–water partition coefficient (Wildman–Crippen LogP) is 21.5. The molecule has 7 aliphatic rings. The van der Waals surface area contributed by atoms with Gasteiger partial charge in [-0.1, -0.05) is 201 Å². The molecule has 6 heteroatoms. The largest absolute Gasteiger partial charge is 0.456 e. The Morgan fingerprint density at radius 3 is 1.56 bits per heavy atom. The van der Waals surface area contributed by atoms with Crippen molar-refractivity contribution in [1.29, 1.82) is 0 Å². The zero-order chi connectivity index (χ0) is 64.4. The van der Waals surface area contributed by atoms with E-state index in [1.54, 1.807) is 0 Å². The normalized spacial score (nSPS) is 17.8. The van der Waals surface area contributed by atoms with Crippen molar-refractivity contribution in [2.24, 2.45) is 0 Å². The molecule has 14 aromatic rings. The smallest absolute Gasteiger partial charge is 0.248 e. The Kier molecular flexibility index (Phi) is 13.0. The third-order valence-corrected chi connectivity index (χ3v) is 24.8. The first-order valence-corrected chi connectivity index (χ1v) is 36.9. The Morgan fingerprint density at radius 1 is 0.306 bits per heavy atom. The maximum absolute atomic E-state index is 7.08. The number of fused-ring (bicyclic) bond motifs is 16. The number of nitrogens with zero attached hydrogens (tertiary/aromatic N) is 2. The summed E-state index contributed by atoms with van der Waals surface area (Å²) in [6.07, 6.45) is 17.9. The standard InChI is InChI=1S/C92H76B2N2O2/c1-55-17-9-13-29-82(55)96-85-51-68(46-76-70-25-10-12-27-78(70)93(91(76)85)79-28-15-18-56(2)92(79)96)66-36-43-75-74-41-34-64(52-88(74)98-89(75)54-66)61-24-16-23-60(45-61)63-37-44-83-81(49-63)94-80-48-62(58-21-7-4-8-22-58)33-40-71(80)77-47-67(65-35-42-73-72-26-11-14-30-86(72)97-87(73)53-65)50-84(90(77)94)95(83)69-38-31-59(32-39-69)57-19-5-3-6-20-57/h9-15,17-18,25-44,46-54,57-58,60-61H,3-8,16,19-24,45H2,1-2H3. The zero-order valence-electron chi connectivity index (χ0n) is 56.0. The van der Waals surface area contributed by atoms with E-state index in [0.29, 0.717) is 23.7 Å². The topological polar surface area (TPSA) is 32.8 Å². The molecule has 12 aromatic carbocycles. The first-order chi connectivity index (χ1) is 48.4. The number of para-hydroxylation sites is 3. The van der Waals surface area contributed by atoms with E-state index in [1.165, 1.54) is 244 Å². The van der Waals surface area contributed by atoms with E-state index >= 15 is 0 Å². The van der Waals surface area contributed by atoms with E-state index in [1.807, 2.05) is 0 Å². The maximum Gasteiger partial charge on any atom is 0.248 e. The number of hydrogen-bond acceptors (Lipinski definition) is 4. The molecule has 3 saturated carbocycles. The first-order valence-electron chi connectivity index (χ1n) is 36.9. The second kappa shape index (κ2) is 22.2. The summed E-state index contributed by atoms with van der Waals surface area (Å²) in [4.78, 5) is 5.22. The monoisotopic (exact) mass is 1260 g/mol. The van der Waals surface area contributed by atoms with Crippen LogP contribution in [0.15, 0.2) is 239 Å². The average molecular weight is 1260 g/mol. The minimum Gasteiger partial charge on any atom is -0.456 e. The van der Waals surface area contributed by atoms with Crippen LogP contribution in [0, 0.1) is 13.8 Å². The lowest BCUT2D eigenvalue weighted by atomic mass is 9.36. The molecule has 0 spiro atoms. The summed E-state index contributed by atoms with van der Waals surface area (Å²) >= 11 is 0. The van der Waals surface area contributed by atoms with Gasteiger partial charge in [0.05, 0.1) is 0 Å². The molecule has 2 atom stereocenters. The van der Waals surface area contributed by atoms with Gasteiger partial charge in [0.25, 0.3) is 0 Å². The van der Waals surface area contributed by atoms with Crippen LogP contribution < -0.4 is 42.6 Å². The van der Waals surface area contributed by atoms with Gasteiger partial charge in [-0.25, -0.2) is 0 Å². The van der Waals surface area contributed by atoms with Crippen LogP contribution in [0.2, 0.25) is 0 Å². The average Bonchev–Trinajstić information content (AvgIpc) is 1.48. The molecule has 0 radical (unpaired) electrons. The summed E-state index contributed by atoms with van der Waals surface area (Å²) < 4.78 is 13.7. The van der Waals surface area contributed by atoms with Crippen molar-refractivity contribution in [2.45, 2.75) is 127 Å². The van der Waals surface area contributed by atoms with Gasteiger partial charge < -0.3 is 18.6 Å². The van der Waals surface area contributed by atoms with Gasteiger partial charge in [0, 0.05) is 55.7 Å². The summed E-state index contributed by atoms with van der Waals surface area (Å²) in [5.41, 5.74) is 38.6. The van der Waals surface area contributed by atoms with Gasteiger partial charge in [-0.2, -0.15) is 0 Å². The second-order valence-corrected chi connectivity index (χ2v) is 30.2. The Balaban J connectivity index is 0.648. The molecule has 0 saturated heterocycles. The lowest BCUT2D eigenvalue weighted by Gasteiger charge is -2.38. The van der Waals surface area contributed by atoms with Crippen LogP contribution in [-0.4, -0.2) is 13.4 Å². The van der Waals surface area contributed by atoms with Crippen molar-refractivity contribution in [1.82, 2.24) is 0 Å². The summed E-state index contributed by atoms with van der Waals surface area (Å²) in [7, 11) is 0. The van der Waals surface area contributed by atoms with Gasteiger partial charge in [0.2, 0.25) is 13.4 Å². The third kappa shape index (κ3) is 8.77. The highest BCUT2D eigenvalue weighted by Gasteiger charge is 2.46. The molecule has 0 N–H and O–H groups in total. The Labute approximate surface area is 575 Å². The highest BCUT2D eigenvalue weighted by molar-refractivity contribution is 7.02. The summed E-state index contributed by atoms with van der Waals surface area (Å²) in [5.74, 6) is 2.11. The van der Waals surface area contributed by atoms with Gasteiger partial charge in [-0.05, 0) is 267 Å². The van der Waals surface area contributed by atoms with E-state index in [9.17, 15) is 0 Å². The number of furan rings is 2. The number of aryl methyl sites for hydroxylation is 2. The second-order valence-electron chi connectivity index (χ2n) is 30.2. The van der Waals surface area contributed by atoms with Crippen LogP contribution in [0.25, 0.3) is 88.4 Å². The molecule has 472 valence electrons. The summed E-state index contributed by atoms with van der Waals surface area (Å²) in [6.45, 7) is 4.83. The molecule has 4 nitrogen and oxygen atoms in total. The fourth-order valence-corrected chi connectivity index (χ4v) is 20.1. The van der Waals surface area contributed by atoms with Crippen LogP contribution in [0.4, 0.5) is 34.1 Å². The molecular formula is C92H76B2N2O2. The van der Waals surface area contributed by atoms with Crippen LogP contribution in [0.1, 0.15) is 147 Å². The Bertz CT molecular complexity index is 5640. The van der Waals surface area contributed by atoms with Crippen molar-refractivity contribution in [3.63, 3.8) is 0 Å². The molecule has 0 bridgehead atoms. The lowest BCUT2D eigenvalue weighted by Crippen LogP contribution is -2.55. The van der Waals surface area contributed by atoms with Crippen molar-refractivity contribution in [3.05, 3.63) is 264 Å². The fraction of sp³-hybridized carbons (Fsp3) is 0.217. The highest BCUT2D eigenvalue weighted by atomic mass is 16.3. The van der Waals surface area contributed by atoms with E-state index in [0.717, 1.165) is 34.1 Å². The molecule has 3 aliphatic carbocycles. The molecule has 98 heavy (non-hydrogen) atoms. The van der Waals surface area contributed by atoms with Crippen LogP contribution in [0.5, 0.6) is 0 Å². The molecule has 2 aromatic heterocycles.